The lowest BCUT2D eigenvalue weighted by atomic mass is 10.1. The van der Waals surface area contributed by atoms with Crippen LogP contribution >= 0.6 is 27.5 Å². The number of aromatic nitrogens is 3. The largest absolute Gasteiger partial charge is 0.263 e. The SMILES string of the molecule is CCCc1nc(-c2cncc3ccccc23)nc(Cl)c1Br. The predicted molar refractivity (Wildman–Crippen MR) is 89.5 cm³/mol. The Morgan fingerprint density at radius 1 is 1.14 bits per heavy atom. The molecule has 0 spiro atoms. The molecule has 106 valence electrons. The van der Waals surface area contributed by atoms with Gasteiger partial charge in [0, 0.05) is 23.3 Å². The van der Waals surface area contributed by atoms with E-state index < -0.39 is 0 Å². The van der Waals surface area contributed by atoms with E-state index in [1.54, 1.807) is 6.20 Å². The molecular weight excluding hydrogens is 350 g/mol. The zero-order valence-electron chi connectivity index (χ0n) is 11.5. The summed E-state index contributed by atoms with van der Waals surface area (Å²) in [7, 11) is 0. The summed E-state index contributed by atoms with van der Waals surface area (Å²) in [5.41, 5.74) is 1.83. The molecule has 3 rings (SSSR count). The Morgan fingerprint density at radius 2 is 1.95 bits per heavy atom. The van der Waals surface area contributed by atoms with Crippen LogP contribution in [0.1, 0.15) is 19.0 Å². The third kappa shape index (κ3) is 2.78. The second-order valence-electron chi connectivity index (χ2n) is 4.76. The summed E-state index contributed by atoms with van der Waals surface area (Å²) in [6.45, 7) is 2.11. The van der Waals surface area contributed by atoms with E-state index in [-0.39, 0.29) is 0 Å². The van der Waals surface area contributed by atoms with Crippen LogP contribution in [0.25, 0.3) is 22.2 Å². The van der Waals surface area contributed by atoms with E-state index >= 15 is 0 Å². The molecule has 0 atom stereocenters. The molecule has 21 heavy (non-hydrogen) atoms. The van der Waals surface area contributed by atoms with Crippen LogP contribution in [0, 0.1) is 0 Å². The summed E-state index contributed by atoms with van der Waals surface area (Å²) >= 11 is 9.70. The van der Waals surface area contributed by atoms with Gasteiger partial charge in [0.25, 0.3) is 0 Å². The monoisotopic (exact) mass is 361 g/mol. The lowest BCUT2D eigenvalue weighted by Crippen LogP contribution is -1.99. The highest BCUT2D eigenvalue weighted by Gasteiger charge is 2.13. The maximum Gasteiger partial charge on any atom is 0.163 e. The molecule has 5 heteroatoms. The van der Waals surface area contributed by atoms with Crippen LogP contribution < -0.4 is 0 Å². The van der Waals surface area contributed by atoms with Gasteiger partial charge in [-0.05, 0) is 27.7 Å². The van der Waals surface area contributed by atoms with Gasteiger partial charge >= 0.3 is 0 Å². The van der Waals surface area contributed by atoms with Crippen LogP contribution in [0.4, 0.5) is 0 Å². The predicted octanol–water partition coefficient (Wildman–Crippen LogP) is 5.06. The van der Waals surface area contributed by atoms with Crippen LogP contribution in [0.15, 0.2) is 41.1 Å². The maximum atomic E-state index is 6.24. The summed E-state index contributed by atoms with van der Waals surface area (Å²) in [5, 5.41) is 2.58. The Kier molecular flexibility index (Phi) is 4.17. The molecule has 0 saturated carbocycles. The average Bonchev–Trinajstić information content (AvgIpc) is 2.51. The van der Waals surface area contributed by atoms with E-state index in [4.69, 9.17) is 11.6 Å². The van der Waals surface area contributed by atoms with Gasteiger partial charge in [-0.25, -0.2) is 9.97 Å². The van der Waals surface area contributed by atoms with E-state index in [0.717, 1.165) is 39.3 Å². The third-order valence-corrected chi connectivity index (χ3v) is 4.61. The number of rotatable bonds is 3. The van der Waals surface area contributed by atoms with E-state index in [0.29, 0.717) is 11.0 Å². The van der Waals surface area contributed by atoms with Crippen LogP contribution in [0.5, 0.6) is 0 Å². The highest BCUT2D eigenvalue weighted by Crippen LogP contribution is 2.30. The molecule has 2 aromatic heterocycles. The van der Waals surface area contributed by atoms with Crippen LogP contribution in [0.3, 0.4) is 0 Å². The van der Waals surface area contributed by atoms with Crippen LogP contribution in [-0.2, 0) is 6.42 Å². The lowest BCUT2D eigenvalue weighted by molar-refractivity contribution is 0.868. The standard InChI is InChI=1S/C16H13BrClN3/c1-2-5-13-14(17)15(18)21-16(20-13)12-9-19-8-10-6-3-4-7-11(10)12/h3-4,6-9H,2,5H2,1H3. The fourth-order valence-electron chi connectivity index (χ4n) is 2.28. The summed E-state index contributed by atoms with van der Waals surface area (Å²) in [6, 6.07) is 8.06. The molecule has 0 aliphatic rings. The number of nitrogens with zero attached hydrogens (tertiary/aromatic N) is 3. The number of hydrogen-bond acceptors (Lipinski definition) is 3. The molecule has 3 aromatic rings. The molecule has 0 unspecified atom stereocenters. The summed E-state index contributed by atoms with van der Waals surface area (Å²) in [6.07, 6.45) is 5.48. The molecule has 1 aromatic carbocycles. The molecule has 0 saturated heterocycles. The Balaban J connectivity index is 2.23. The number of pyridine rings is 1. The first-order valence-electron chi connectivity index (χ1n) is 6.75. The Labute approximate surface area is 136 Å². The average molecular weight is 363 g/mol. The van der Waals surface area contributed by atoms with Crippen molar-refractivity contribution in [3.05, 3.63) is 52.0 Å². The Hall–Kier alpha value is -1.52. The second-order valence-corrected chi connectivity index (χ2v) is 5.91. The van der Waals surface area contributed by atoms with Gasteiger partial charge in [-0.15, -0.1) is 0 Å². The first kappa shape index (κ1) is 14.4. The third-order valence-electron chi connectivity index (χ3n) is 3.28. The van der Waals surface area contributed by atoms with Gasteiger partial charge in [0.05, 0.1) is 10.2 Å². The fraction of sp³-hybridized carbons (Fsp3) is 0.188. The fourth-order valence-corrected chi connectivity index (χ4v) is 2.85. The molecule has 0 N–H and O–H groups in total. The molecule has 0 radical (unpaired) electrons. The van der Waals surface area contributed by atoms with Crippen molar-refractivity contribution in [3.63, 3.8) is 0 Å². The number of halogens is 2. The summed E-state index contributed by atoms with van der Waals surface area (Å²) < 4.78 is 0.781. The lowest BCUT2D eigenvalue weighted by Gasteiger charge is -2.09. The molecule has 0 amide bonds. The highest BCUT2D eigenvalue weighted by atomic mass is 79.9. The van der Waals surface area contributed by atoms with Gasteiger partial charge < -0.3 is 0 Å². The first-order valence-corrected chi connectivity index (χ1v) is 7.93. The van der Waals surface area contributed by atoms with Crippen LogP contribution in [0.2, 0.25) is 5.15 Å². The van der Waals surface area contributed by atoms with Crippen molar-refractivity contribution in [2.45, 2.75) is 19.8 Å². The van der Waals surface area contributed by atoms with E-state index in [9.17, 15) is 0 Å². The van der Waals surface area contributed by atoms with E-state index in [1.807, 2.05) is 30.5 Å². The van der Waals surface area contributed by atoms with Gasteiger partial charge in [0.2, 0.25) is 0 Å². The minimum absolute atomic E-state index is 0.441. The van der Waals surface area contributed by atoms with E-state index in [2.05, 4.69) is 37.8 Å². The number of fused-ring (bicyclic) bond motifs is 1. The highest BCUT2D eigenvalue weighted by molar-refractivity contribution is 9.10. The molecular formula is C16H13BrClN3. The molecule has 2 heterocycles. The minimum Gasteiger partial charge on any atom is -0.263 e. The van der Waals surface area contributed by atoms with Crippen molar-refractivity contribution >= 4 is 38.3 Å². The molecule has 0 fully saturated rings. The minimum atomic E-state index is 0.441. The normalized spacial score (nSPS) is 11.0. The molecule has 0 bridgehead atoms. The number of benzene rings is 1. The van der Waals surface area contributed by atoms with Gasteiger partial charge in [0.1, 0.15) is 5.15 Å². The van der Waals surface area contributed by atoms with Crippen LogP contribution in [-0.4, -0.2) is 15.0 Å². The van der Waals surface area contributed by atoms with E-state index in [1.165, 1.54) is 0 Å². The topological polar surface area (TPSA) is 38.7 Å². The number of hydrogen-bond donors (Lipinski definition) is 0. The van der Waals surface area contributed by atoms with Gasteiger partial charge in [0.15, 0.2) is 5.82 Å². The quantitative estimate of drug-likeness (QED) is 0.611. The van der Waals surface area contributed by atoms with Crippen molar-refractivity contribution < 1.29 is 0 Å². The van der Waals surface area contributed by atoms with Crippen molar-refractivity contribution in [1.29, 1.82) is 0 Å². The Morgan fingerprint density at radius 3 is 2.76 bits per heavy atom. The molecule has 0 aliphatic carbocycles. The summed E-state index contributed by atoms with van der Waals surface area (Å²) in [5.74, 6) is 0.621. The van der Waals surface area contributed by atoms with Gasteiger partial charge in [-0.2, -0.15) is 0 Å². The molecule has 3 nitrogen and oxygen atoms in total. The molecule has 0 aliphatic heterocycles. The van der Waals surface area contributed by atoms with Gasteiger partial charge in [-0.3, -0.25) is 4.98 Å². The second kappa shape index (κ2) is 6.08. The zero-order valence-corrected chi connectivity index (χ0v) is 13.8. The van der Waals surface area contributed by atoms with Crippen molar-refractivity contribution in [2.75, 3.05) is 0 Å². The summed E-state index contributed by atoms with van der Waals surface area (Å²) in [4.78, 5) is 13.3. The number of aryl methyl sites for hydroxylation is 1. The zero-order chi connectivity index (χ0) is 14.8. The first-order chi connectivity index (χ1) is 10.2. The van der Waals surface area contributed by atoms with Crippen molar-refractivity contribution in [2.24, 2.45) is 0 Å². The maximum absolute atomic E-state index is 6.24. The van der Waals surface area contributed by atoms with Crippen molar-refractivity contribution in [1.82, 2.24) is 15.0 Å². The van der Waals surface area contributed by atoms with Crippen molar-refractivity contribution in [3.8, 4) is 11.4 Å². The van der Waals surface area contributed by atoms with Gasteiger partial charge in [-0.1, -0.05) is 49.2 Å². The Bertz CT molecular complexity index is 799. The smallest absolute Gasteiger partial charge is 0.163 e.